The van der Waals surface area contributed by atoms with Gasteiger partial charge in [0, 0.05) is 0 Å². The first-order valence-corrected chi connectivity index (χ1v) is 10.1. The Morgan fingerprint density at radius 3 is 1.45 bits per heavy atom. The minimum Gasteiger partial charge on any atom is -0.103 e. The van der Waals surface area contributed by atoms with Crippen LogP contribution >= 0.6 is 0 Å². The van der Waals surface area contributed by atoms with E-state index in [0.717, 1.165) is 23.7 Å². The highest BCUT2D eigenvalue weighted by molar-refractivity contribution is 4.70. The Balaban J connectivity index is 3.45. The molecule has 0 fully saturated rings. The molecule has 0 nitrogen and oxygen atoms in total. The fourth-order valence-corrected chi connectivity index (χ4v) is 3.37. The highest BCUT2D eigenvalue weighted by Gasteiger charge is 2.07. The molecule has 0 aliphatic heterocycles. The lowest BCUT2D eigenvalue weighted by Gasteiger charge is -2.15. The van der Waals surface area contributed by atoms with E-state index in [1.54, 1.807) is 0 Å². The number of allylic oxidation sites excluding steroid dienone is 1. The van der Waals surface area contributed by atoms with E-state index in [-0.39, 0.29) is 0 Å². The van der Waals surface area contributed by atoms with Crippen molar-refractivity contribution >= 4 is 0 Å². The number of hydrogen-bond donors (Lipinski definition) is 0. The molecule has 0 N–H and O–H groups in total. The second kappa shape index (κ2) is 14.3. The summed E-state index contributed by atoms with van der Waals surface area (Å²) < 4.78 is 0. The zero-order chi connectivity index (χ0) is 16.8. The average Bonchev–Trinajstić information content (AvgIpc) is 2.43. The van der Waals surface area contributed by atoms with Gasteiger partial charge in [0.05, 0.1) is 0 Å². The van der Waals surface area contributed by atoms with Crippen molar-refractivity contribution in [1.29, 1.82) is 0 Å². The Hall–Kier alpha value is -0.260. The van der Waals surface area contributed by atoms with Crippen LogP contribution in [0.15, 0.2) is 12.7 Å². The van der Waals surface area contributed by atoms with Crippen LogP contribution < -0.4 is 0 Å². The van der Waals surface area contributed by atoms with E-state index in [9.17, 15) is 0 Å². The van der Waals surface area contributed by atoms with Gasteiger partial charge in [-0.25, -0.2) is 0 Å². The molecule has 0 saturated carbocycles. The quantitative estimate of drug-likeness (QED) is 0.212. The van der Waals surface area contributed by atoms with Crippen LogP contribution in [0.4, 0.5) is 0 Å². The van der Waals surface area contributed by atoms with Crippen LogP contribution in [-0.4, -0.2) is 0 Å². The first kappa shape index (κ1) is 21.7. The number of rotatable bonds is 15. The molecule has 22 heavy (non-hydrogen) atoms. The molecule has 0 aromatic rings. The van der Waals surface area contributed by atoms with Crippen LogP contribution in [0.3, 0.4) is 0 Å². The van der Waals surface area contributed by atoms with Gasteiger partial charge in [-0.2, -0.15) is 0 Å². The minimum atomic E-state index is 0.833. The lowest BCUT2D eigenvalue weighted by molar-refractivity contribution is 0.381. The molecule has 0 aliphatic rings. The molecular formula is C22H44. The second-order valence-electron chi connectivity index (χ2n) is 8.38. The normalized spacial score (nSPS) is 15.7. The van der Waals surface area contributed by atoms with E-state index in [4.69, 9.17) is 0 Å². The van der Waals surface area contributed by atoms with Crippen molar-refractivity contribution in [2.45, 2.75) is 105 Å². The Morgan fingerprint density at radius 1 is 0.591 bits per heavy atom. The van der Waals surface area contributed by atoms with Crippen molar-refractivity contribution in [2.24, 2.45) is 23.7 Å². The number of unbranched alkanes of at least 4 members (excludes halogenated alkanes) is 1. The topological polar surface area (TPSA) is 0 Å². The van der Waals surface area contributed by atoms with Crippen molar-refractivity contribution < 1.29 is 0 Å². The van der Waals surface area contributed by atoms with Crippen LogP contribution in [0, 0.1) is 23.7 Å². The summed E-state index contributed by atoms with van der Waals surface area (Å²) in [4.78, 5) is 0. The molecular weight excluding hydrogens is 264 g/mol. The zero-order valence-corrected chi connectivity index (χ0v) is 16.4. The van der Waals surface area contributed by atoms with E-state index in [1.165, 1.54) is 70.6 Å². The molecule has 0 bridgehead atoms. The third kappa shape index (κ3) is 14.7. The van der Waals surface area contributed by atoms with Gasteiger partial charge in [-0.05, 0) is 30.1 Å². The molecule has 0 heterocycles. The molecule has 0 aliphatic carbocycles. The zero-order valence-electron chi connectivity index (χ0n) is 16.4. The van der Waals surface area contributed by atoms with Crippen molar-refractivity contribution in [1.82, 2.24) is 0 Å². The lowest BCUT2D eigenvalue weighted by Crippen LogP contribution is -2.00. The predicted molar refractivity (Wildman–Crippen MR) is 103 cm³/mol. The molecule has 0 heteroatoms. The first-order valence-electron chi connectivity index (χ1n) is 10.1. The van der Waals surface area contributed by atoms with Crippen molar-refractivity contribution in [3.8, 4) is 0 Å². The first-order chi connectivity index (χ1) is 10.5. The van der Waals surface area contributed by atoms with Gasteiger partial charge in [0.1, 0.15) is 0 Å². The predicted octanol–water partition coefficient (Wildman–Crippen LogP) is 8.03. The molecule has 0 aromatic heterocycles. The summed E-state index contributed by atoms with van der Waals surface area (Å²) in [5.74, 6) is 3.57. The third-order valence-electron chi connectivity index (χ3n) is 5.09. The highest BCUT2D eigenvalue weighted by Crippen LogP contribution is 2.22. The molecule has 3 unspecified atom stereocenters. The van der Waals surface area contributed by atoms with Crippen LogP contribution in [0.5, 0.6) is 0 Å². The molecule has 0 spiro atoms. The van der Waals surface area contributed by atoms with Gasteiger partial charge in [0.2, 0.25) is 0 Å². The van der Waals surface area contributed by atoms with E-state index in [1.807, 2.05) is 0 Å². The summed E-state index contributed by atoms with van der Waals surface area (Å²) in [6, 6.07) is 0. The van der Waals surface area contributed by atoms with Gasteiger partial charge >= 0.3 is 0 Å². The number of hydrogen-bond acceptors (Lipinski definition) is 0. The van der Waals surface area contributed by atoms with Crippen molar-refractivity contribution in [3.63, 3.8) is 0 Å². The van der Waals surface area contributed by atoms with Crippen LogP contribution in [0.2, 0.25) is 0 Å². The Labute approximate surface area is 142 Å². The monoisotopic (exact) mass is 308 g/mol. The van der Waals surface area contributed by atoms with Crippen molar-refractivity contribution in [3.05, 3.63) is 12.7 Å². The molecule has 0 radical (unpaired) electrons. The summed E-state index contributed by atoms with van der Waals surface area (Å²) in [6.07, 6.45) is 17.5. The largest absolute Gasteiger partial charge is 0.103 e. The average molecular weight is 309 g/mol. The van der Waals surface area contributed by atoms with E-state index >= 15 is 0 Å². The standard InChI is InChI=1S/C22H44/c1-7-12-20(4)14-8-9-15-21(5)17-11-18-22(6)16-10-13-19(2)3/h7,19-22H,1,8-18H2,2-6H3. The molecule has 0 amide bonds. The second-order valence-corrected chi connectivity index (χ2v) is 8.38. The molecule has 132 valence electrons. The van der Waals surface area contributed by atoms with E-state index in [2.05, 4.69) is 47.3 Å². The van der Waals surface area contributed by atoms with Crippen LogP contribution in [-0.2, 0) is 0 Å². The van der Waals surface area contributed by atoms with E-state index in [0.29, 0.717) is 0 Å². The smallest absolute Gasteiger partial charge is 0.0328 e. The van der Waals surface area contributed by atoms with Crippen LogP contribution in [0.25, 0.3) is 0 Å². The maximum atomic E-state index is 3.83. The summed E-state index contributed by atoms with van der Waals surface area (Å²) >= 11 is 0. The minimum absolute atomic E-state index is 0.833. The lowest BCUT2D eigenvalue weighted by atomic mass is 9.91. The molecule has 0 saturated heterocycles. The molecule has 3 atom stereocenters. The van der Waals surface area contributed by atoms with Crippen LogP contribution in [0.1, 0.15) is 105 Å². The van der Waals surface area contributed by atoms with Gasteiger partial charge < -0.3 is 0 Å². The molecule has 0 rings (SSSR count). The Morgan fingerprint density at radius 2 is 1.00 bits per heavy atom. The van der Waals surface area contributed by atoms with E-state index < -0.39 is 0 Å². The summed E-state index contributed by atoms with van der Waals surface area (Å²) in [5.41, 5.74) is 0. The highest BCUT2D eigenvalue weighted by atomic mass is 14.1. The Kier molecular flexibility index (Phi) is 14.2. The fraction of sp³-hybridized carbons (Fsp3) is 0.909. The summed E-state index contributed by atoms with van der Waals surface area (Å²) in [5, 5.41) is 0. The van der Waals surface area contributed by atoms with Gasteiger partial charge in [-0.15, -0.1) is 6.58 Å². The third-order valence-corrected chi connectivity index (χ3v) is 5.09. The SMILES string of the molecule is C=CCC(C)CCCCC(C)CCCC(C)CCCC(C)C. The Bertz CT molecular complexity index is 240. The maximum Gasteiger partial charge on any atom is -0.0328 e. The molecule has 0 aromatic carbocycles. The van der Waals surface area contributed by atoms with Gasteiger partial charge in [-0.3, -0.25) is 0 Å². The summed E-state index contributed by atoms with van der Waals surface area (Å²) in [6.45, 7) is 15.8. The fourth-order valence-electron chi connectivity index (χ4n) is 3.37. The maximum absolute atomic E-state index is 3.83. The summed E-state index contributed by atoms with van der Waals surface area (Å²) in [7, 11) is 0. The van der Waals surface area contributed by atoms with Crippen molar-refractivity contribution in [2.75, 3.05) is 0 Å². The van der Waals surface area contributed by atoms with Gasteiger partial charge in [0.15, 0.2) is 0 Å². The van der Waals surface area contributed by atoms with Gasteiger partial charge in [0.25, 0.3) is 0 Å². The van der Waals surface area contributed by atoms with Gasteiger partial charge in [-0.1, -0.05) is 105 Å².